The van der Waals surface area contributed by atoms with Gasteiger partial charge in [0.05, 0.1) is 13.2 Å². The Hall–Kier alpha value is -2.73. The maximum absolute atomic E-state index is 11.9. The van der Waals surface area contributed by atoms with Gasteiger partial charge in [0.25, 0.3) is 0 Å². The van der Waals surface area contributed by atoms with E-state index in [4.69, 9.17) is 21.1 Å². The van der Waals surface area contributed by atoms with E-state index in [0.29, 0.717) is 42.7 Å². The summed E-state index contributed by atoms with van der Waals surface area (Å²) in [6.45, 7) is 5.44. The first-order valence-electron chi connectivity index (χ1n) is 9.23. The molecule has 0 spiro atoms. The molecule has 28 heavy (non-hydrogen) atoms. The molecular formula is C21H25ClN2O4. The SMILES string of the molecule is CCOc1ccc(CCNC(=O)C(=O)NCc2ccccc2Cl)cc1OCC. The lowest BCUT2D eigenvalue weighted by Crippen LogP contribution is -2.40. The monoisotopic (exact) mass is 404 g/mol. The van der Waals surface area contributed by atoms with Gasteiger partial charge in [0.15, 0.2) is 11.5 Å². The zero-order chi connectivity index (χ0) is 20.4. The van der Waals surface area contributed by atoms with Crippen LogP contribution in [-0.2, 0) is 22.6 Å². The predicted octanol–water partition coefficient (Wildman–Crippen LogP) is 3.11. The largest absolute Gasteiger partial charge is 0.490 e. The smallest absolute Gasteiger partial charge is 0.309 e. The van der Waals surface area contributed by atoms with Crippen molar-refractivity contribution in [2.45, 2.75) is 26.8 Å². The van der Waals surface area contributed by atoms with Gasteiger partial charge in [-0.05, 0) is 49.6 Å². The highest BCUT2D eigenvalue weighted by Gasteiger charge is 2.13. The number of benzene rings is 2. The van der Waals surface area contributed by atoms with Gasteiger partial charge in [-0.1, -0.05) is 35.9 Å². The van der Waals surface area contributed by atoms with Crippen LogP contribution in [0.3, 0.4) is 0 Å². The van der Waals surface area contributed by atoms with Crippen LogP contribution in [0.25, 0.3) is 0 Å². The number of carbonyl (C=O) groups excluding carboxylic acids is 2. The van der Waals surface area contributed by atoms with E-state index in [1.54, 1.807) is 18.2 Å². The summed E-state index contributed by atoms with van der Waals surface area (Å²) in [4.78, 5) is 23.9. The van der Waals surface area contributed by atoms with Crippen LogP contribution in [0.5, 0.6) is 11.5 Å². The van der Waals surface area contributed by atoms with Crippen molar-refractivity contribution in [3.05, 3.63) is 58.6 Å². The molecule has 0 aromatic heterocycles. The number of ether oxygens (including phenoxy) is 2. The van der Waals surface area contributed by atoms with Crippen LogP contribution in [0.4, 0.5) is 0 Å². The van der Waals surface area contributed by atoms with Crippen LogP contribution in [0.1, 0.15) is 25.0 Å². The second-order valence-corrected chi connectivity index (χ2v) is 6.33. The number of hydrogen-bond donors (Lipinski definition) is 2. The molecule has 0 unspecified atom stereocenters. The minimum atomic E-state index is -0.693. The summed E-state index contributed by atoms with van der Waals surface area (Å²) in [7, 11) is 0. The summed E-state index contributed by atoms with van der Waals surface area (Å²) in [5.74, 6) is -0.00798. The van der Waals surface area contributed by atoms with Crippen molar-refractivity contribution >= 4 is 23.4 Å². The molecular weight excluding hydrogens is 380 g/mol. The van der Waals surface area contributed by atoms with E-state index in [2.05, 4.69) is 10.6 Å². The van der Waals surface area contributed by atoms with Crippen LogP contribution >= 0.6 is 11.6 Å². The summed E-state index contributed by atoms with van der Waals surface area (Å²) in [5.41, 5.74) is 1.73. The van der Waals surface area contributed by atoms with Crippen LogP contribution in [0.15, 0.2) is 42.5 Å². The molecule has 7 heteroatoms. The second kappa shape index (κ2) is 11.2. The molecule has 0 aliphatic carbocycles. The molecule has 2 N–H and O–H groups in total. The third kappa shape index (κ3) is 6.46. The van der Waals surface area contributed by atoms with Crippen molar-refractivity contribution < 1.29 is 19.1 Å². The molecule has 0 atom stereocenters. The molecule has 6 nitrogen and oxygen atoms in total. The standard InChI is InChI=1S/C21H25ClN2O4/c1-3-27-18-10-9-15(13-19(18)28-4-2)11-12-23-20(25)21(26)24-14-16-7-5-6-8-17(16)22/h5-10,13H,3-4,11-12,14H2,1-2H3,(H,23,25)(H,24,26). The molecule has 0 aliphatic heterocycles. The second-order valence-electron chi connectivity index (χ2n) is 5.93. The highest BCUT2D eigenvalue weighted by atomic mass is 35.5. The number of carbonyl (C=O) groups is 2. The third-order valence-electron chi connectivity index (χ3n) is 3.91. The van der Waals surface area contributed by atoms with Gasteiger partial charge in [-0.25, -0.2) is 0 Å². The Kier molecular flexibility index (Phi) is 8.62. The first kappa shape index (κ1) is 21.6. The maximum Gasteiger partial charge on any atom is 0.309 e. The van der Waals surface area contributed by atoms with E-state index in [-0.39, 0.29) is 6.54 Å². The molecule has 0 bridgehead atoms. The highest BCUT2D eigenvalue weighted by molar-refractivity contribution is 6.35. The van der Waals surface area contributed by atoms with Gasteiger partial charge in [0, 0.05) is 18.1 Å². The zero-order valence-electron chi connectivity index (χ0n) is 16.1. The minimum absolute atomic E-state index is 0.197. The first-order chi connectivity index (χ1) is 13.5. The van der Waals surface area contributed by atoms with Crippen LogP contribution in [0.2, 0.25) is 5.02 Å². The molecule has 0 heterocycles. The lowest BCUT2D eigenvalue weighted by atomic mass is 10.1. The molecule has 0 radical (unpaired) electrons. The summed E-state index contributed by atoms with van der Waals surface area (Å²) < 4.78 is 11.1. The molecule has 2 rings (SSSR count). The quantitative estimate of drug-likeness (QED) is 0.629. The average Bonchev–Trinajstić information content (AvgIpc) is 2.69. The molecule has 0 aliphatic rings. The van der Waals surface area contributed by atoms with E-state index in [9.17, 15) is 9.59 Å². The maximum atomic E-state index is 11.9. The van der Waals surface area contributed by atoms with E-state index >= 15 is 0 Å². The Morgan fingerprint density at radius 1 is 0.929 bits per heavy atom. The van der Waals surface area contributed by atoms with Crippen LogP contribution in [0, 0.1) is 0 Å². The minimum Gasteiger partial charge on any atom is -0.490 e. The van der Waals surface area contributed by atoms with E-state index < -0.39 is 11.8 Å². The van der Waals surface area contributed by atoms with Crippen molar-refractivity contribution in [2.75, 3.05) is 19.8 Å². The van der Waals surface area contributed by atoms with Gasteiger partial charge >= 0.3 is 11.8 Å². The third-order valence-corrected chi connectivity index (χ3v) is 4.28. The van der Waals surface area contributed by atoms with Crippen molar-refractivity contribution in [2.24, 2.45) is 0 Å². The lowest BCUT2D eigenvalue weighted by Gasteiger charge is -2.12. The summed E-state index contributed by atoms with van der Waals surface area (Å²) in [5, 5.41) is 5.73. The van der Waals surface area contributed by atoms with Crippen molar-refractivity contribution in [3.63, 3.8) is 0 Å². The number of hydrogen-bond acceptors (Lipinski definition) is 4. The Morgan fingerprint density at radius 3 is 2.32 bits per heavy atom. The highest BCUT2D eigenvalue weighted by Crippen LogP contribution is 2.28. The van der Waals surface area contributed by atoms with Gasteiger partial charge in [-0.3, -0.25) is 9.59 Å². The summed E-state index contributed by atoms with van der Waals surface area (Å²) in [6, 6.07) is 12.8. The zero-order valence-corrected chi connectivity index (χ0v) is 16.8. The normalized spacial score (nSPS) is 10.2. The Bertz CT molecular complexity index is 811. The van der Waals surface area contributed by atoms with Crippen molar-refractivity contribution in [3.8, 4) is 11.5 Å². The fourth-order valence-corrected chi connectivity index (χ4v) is 2.75. The molecule has 2 aromatic rings. The van der Waals surface area contributed by atoms with Gasteiger partial charge in [-0.15, -0.1) is 0 Å². The predicted molar refractivity (Wildman–Crippen MR) is 109 cm³/mol. The summed E-state index contributed by atoms with van der Waals surface area (Å²) in [6.07, 6.45) is 0.565. The number of nitrogens with one attached hydrogen (secondary N) is 2. The fourth-order valence-electron chi connectivity index (χ4n) is 2.55. The van der Waals surface area contributed by atoms with Crippen LogP contribution in [-0.4, -0.2) is 31.6 Å². The molecule has 0 saturated carbocycles. The molecule has 2 amide bonds. The van der Waals surface area contributed by atoms with E-state index in [1.165, 1.54) is 0 Å². The summed E-state index contributed by atoms with van der Waals surface area (Å²) >= 11 is 6.03. The van der Waals surface area contributed by atoms with Gasteiger partial charge in [0.2, 0.25) is 0 Å². The molecule has 2 aromatic carbocycles. The molecule has 150 valence electrons. The molecule has 0 saturated heterocycles. The Morgan fingerprint density at radius 2 is 1.61 bits per heavy atom. The lowest BCUT2D eigenvalue weighted by molar-refractivity contribution is -0.139. The number of amides is 2. The van der Waals surface area contributed by atoms with Crippen LogP contribution < -0.4 is 20.1 Å². The van der Waals surface area contributed by atoms with Gasteiger partial charge < -0.3 is 20.1 Å². The molecule has 0 fully saturated rings. The van der Waals surface area contributed by atoms with Crippen molar-refractivity contribution in [1.29, 1.82) is 0 Å². The number of halogens is 1. The topological polar surface area (TPSA) is 76.7 Å². The van der Waals surface area contributed by atoms with E-state index in [1.807, 2.05) is 38.1 Å². The first-order valence-corrected chi connectivity index (χ1v) is 9.60. The van der Waals surface area contributed by atoms with Crippen molar-refractivity contribution in [1.82, 2.24) is 10.6 Å². The van der Waals surface area contributed by atoms with E-state index in [0.717, 1.165) is 11.1 Å². The fraction of sp³-hybridized carbons (Fsp3) is 0.333. The van der Waals surface area contributed by atoms with Gasteiger partial charge in [0.1, 0.15) is 0 Å². The Labute approximate surface area is 170 Å². The number of rotatable bonds is 9. The average molecular weight is 405 g/mol. The Balaban J connectivity index is 1.81. The van der Waals surface area contributed by atoms with Gasteiger partial charge in [-0.2, -0.15) is 0 Å².